The Kier molecular flexibility index (Phi) is 3.92. The maximum atomic E-state index is 11.4. The molecule has 1 atom stereocenters. The summed E-state index contributed by atoms with van der Waals surface area (Å²) in [6, 6.07) is 18.3. The minimum absolute atomic E-state index is 0.0241. The van der Waals surface area contributed by atoms with Gasteiger partial charge in [-0.05, 0) is 23.3 Å². The molecule has 0 aliphatic carbocycles. The molecule has 0 spiro atoms. The van der Waals surface area contributed by atoms with E-state index in [1.165, 1.54) is 5.01 Å². The van der Waals surface area contributed by atoms with Crippen molar-refractivity contribution in [3.05, 3.63) is 65.7 Å². The molecular weight excluding hydrogens is 274 g/mol. The zero-order chi connectivity index (χ0) is 15.5. The van der Waals surface area contributed by atoms with Gasteiger partial charge in [-0.25, -0.2) is 5.01 Å². The van der Waals surface area contributed by atoms with E-state index in [0.717, 1.165) is 35.4 Å². The number of hydrogen-bond acceptors (Lipinski definition) is 3. The van der Waals surface area contributed by atoms with E-state index in [2.05, 4.69) is 34.3 Å². The van der Waals surface area contributed by atoms with Crippen molar-refractivity contribution in [3.8, 4) is 0 Å². The third-order valence-corrected chi connectivity index (χ3v) is 3.95. The predicted octanol–water partition coefficient (Wildman–Crippen LogP) is 3.06. The molecule has 2 aromatic rings. The van der Waals surface area contributed by atoms with Gasteiger partial charge in [0.05, 0.1) is 11.8 Å². The van der Waals surface area contributed by atoms with Crippen molar-refractivity contribution >= 4 is 17.8 Å². The van der Waals surface area contributed by atoms with E-state index in [1.54, 1.807) is 0 Å². The van der Waals surface area contributed by atoms with Gasteiger partial charge in [0.15, 0.2) is 0 Å². The normalized spacial score (nSPS) is 17.3. The maximum absolute atomic E-state index is 11.4. The standard InChI is InChI=1S/C18H19N3O/c1-20(2)16-10-8-15(9-11-16)18-12-17(19-21(18)13-22)14-6-4-3-5-7-14/h3-11,13,18H,12H2,1-2H3/t18-/m1/s1. The molecular formula is C18H19N3O. The first-order valence-corrected chi connectivity index (χ1v) is 7.33. The molecule has 0 saturated carbocycles. The van der Waals surface area contributed by atoms with Crippen molar-refractivity contribution in [2.75, 3.05) is 19.0 Å². The molecule has 1 aliphatic heterocycles. The lowest BCUT2D eigenvalue weighted by Gasteiger charge is -2.19. The van der Waals surface area contributed by atoms with Gasteiger partial charge in [-0.2, -0.15) is 5.10 Å². The molecule has 0 bridgehead atoms. The Balaban J connectivity index is 1.85. The Labute approximate surface area is 130 Å². The molecule has 0 fully saturated rings. The fourth-order valence-electron chi connectivity index (χ4n) is 2.69. The number of rotatable bonds is 4. The molecule has 0 radical (unpaired) electrons. The SMILES string of the molecule is CN(C)c1ccc([C@H]2CC(c3ccccc3)=NN2C=O)cc1. The highest BCUT2D eigenvalue weighted by molar-refractivity contribution is 6.02. The lowest BCUT2D eigenvalue weighted by atomic mass is 9.98. The second-order valence-electron chi connectivity index (χ2n) is 5.60. The summed E-state index contributed by atoms with van der Waals surface area (Å²) in [7, 11) is 4.03. The van der Waals surface area contributed by atoms with Crippen LogP contribution in [-0.4, -0.2) is 31.2 Å². The van der Waals surface area contributed by atoms with Gasteiger partial charge in [0.2, 0.25) is 6.41 Å². The first-order chi connectivity index (χ1) is 10.7. The quantitative estimate of drug-likeness (QED) is 0.812. The van der Waals surface area contributed by atoms with Crippen LogP contribution in [0.3, 0.4) is 0 Å². The van der Waals surface area contributed by atoms with Crippen molar-refractivity contribution in [3.63, 3.8) is 0 Å². The fourth-order valence-corrected chi connectivity index (χ4v) is 2.69. The highest BCUT2D eigenvalue weighted by Crippen LogP contribution is 2.32. The summed E-state index contributed by atoms with van der Waals surface area (Å²) < 4.78 is 0. The van der Waals surface area contributed by atoms with E-state index in [9.17, 15) is 4.79 Å². The number of benzene rings is 2. The van der Waals surface area contributed by atoms with Crippen LogP contribution in [0.25, 0.3) is 0 Å². The third-order valence-electron chi connectivity index (χ3n) is 3.95. The van der Waals surface area contributed by atoms with E-state index < -0.39 is 0 Å². The van der Waals surface area contributed by atoms with Crippen molar-refractivity contribution in [1.29, 1.82) is 0 Å². The number of nitrogens with zero attached hydrogens (tertiary/aromatic N) is 3. The van der Waals surface area contributed by atoms with Crippen LogP contribution >= 0.6 is 0 Å². The van der Waals surface area contributed by atoms with Gasteiger partial charge in [0, 0.05) is 26.2 Å². The molecule has 1 amide bonds. The van der Waals surface area contributed by atoms with Gasteiger partial charge < -0.3 is 4.90 Å². The minimum Gasteiger partial charge on any atom is -0.378 e. The monoisotopic (exact) mass is 293 g/mol. The lowest BCUT2D eigenvalue weighted by molar-refractivity contribution is -0.119. The van der Waals surface area contributed by atoms with Gasteiger partial charge in [-0.3, -0.25) is 4.79 Å². The first-order valence-electron chi connectivity index (χ1n) is 7.33. The van der Waals surface area contributed by atoms with E-state index in [1.807, 2.05) is 44.4 Å². The molecule has 22 heavy (non-hydrogen) atoms. The molecule has 112 valence electrons. The van der Waals surface area contributed by atoms with Gasteiger partial charge in [0.25, 0.3) is 0 Å². The molecule has 2 aromatic carbocycles. The Morgan fingerprint density at radius 2 is 1.77 bits per heavy atom. The molecule has 1 aliphatic rings. The molecule has 0 saturated heterocycles. The van der Waals surface area contributed by atoms with Crippen LogP contribution in [0.1, 0.15) is 23.6 Å². The first kappa shape index (κ1) is 14.3. The van der Waals surface area contributed by atoms with Crippen molar-refractivity contribution in [2.24, 2.45) is 5.10 Å². The number of carbonyl (C=O) groups is 1. The van der Waals surface area contributed by atoms with E-state index in [0.29, 0.717) is 0 Å². The van der Waals surface area contributed by atoms with Crippen LogP contribution in [0, 0.1) is 0 Å². The van der Waals surface area contributed by atoms with Crippen molar-refractivity contribution < 1.29 is 4.79 Å². The summed E-state index contributed by atoms with van der Waals surface area (Å²) in [6.45, 7) is 0. The zero-order valence-corrected chi connectivity index (χ0v) is 12.8. The molecule has 0 unspecified atom stereocenters. The summed E-state index contributed by atoms with van der Waals surface area (Å²) in [5.41, 5.74) is 4.27. The zero-order valence-electron chi connectivity index (χ0n) is 12.8. The van der Waals surface area contributed by atoms with Crippen LogP contribution in [0.5, 0.6) is 0 Å². The largest absolute Gasteiger partial charge is 0.378 e. The van der Waals surface area contributed by atoms with Crippen molar-refractivity contribution in [2.45, 2.75) is 12.5 Å². The maximum Gasteiger partial charge on any atom is 0.230 e. The van der Waals surface area contributed by atoms with Gasteiger partial charge in [-0.1, -0.05) is 42.5 Å². The summed E-state index contributed by atoms with van der Waals surface area (Å²) >= 11 is 0. The molecule has 3 rings (SSSR count). The Morgan fingerprint density at radius 3 is 2.36 bits per heavy atom. The second-order valence-corrected chi connectivity index (χ2v) is 5.60. The van der Waals surface area contributed by atoms with Gasteiger partial charge in [-0.15, -0.1) is 0 Å². The van der Waals surface area contributed by atoms with Crippen LogP contribution in [0.2, 0.25) is 0 Å². The van der Waals surface area contributed by atoms with Crippen LogP contribution in [0.15, 0.2) is 59.7 Å². The van der Waals surface area contributed by atoms with Gasteiger partial charge in [0.1, 0.15) is 0 Å². The number of hydrogen-bond donors (Lipinski definition) is 0. The van der Waals surface area contributed by atoms with Crippen LogP contribution < -0.4 is 4.90 Å². The average molecular weight is 293 g/mol. The summed E-state index contributed by atoms with van der Waals surface area (Å²) in [6.07, 6.45) is 1.55. The number of hydrazone groups is 1. The Hall–Kier alpha value is -2.62. The van der Waals surface area contributed by atoms with E-state index >= 15 is 0 Å². The number of carbonyl (C=O) groups excluding carboxylic acids is 1. The molecule has 0 N–H and O–H groups in total. The summed E-state index contributed by atoms with van der Waals surface area (Å²) in [5.74, 6) is 0. The molecule has 0 aromatic heterocycles. The van der Waals surface area contributed by atoms with Crippen LogP contribution in [-0.2, 0) is 4.79 Å². The molecule has 4 heteroatoms. The highest BCUT2D eigenvalue weighted by Gasteiger charge is 2.28. The summed E-state index contributed by atoms with van der Waals surface area (Å²) in [5, 5.41) is 5.98. The molecule has 4 nitrogen and oxygen atoms in total. The smallest absolute Gasteiger partial charge is 0.230 e. The Morgan fingerprint density at radius 1 is 1.09 bits per heavy atom. The lowest BCUT2D eigenvalue weighted by Crippen LogP contribution is -2.17. The van der Waals surface area contributed by atoms with E-state index in [-0.39, 0.29) is 6.04 Å². The van der Waals surface area contributed by atoms with Gasteiger partial charge >= 0.3 is 0 Å². The second kappa shape index (κ2) is 6.02. The van der Waals surface area contributed by atoms with Crippen LogP contribution in [0.4, 0.5) is 5.69 Å². The number of anilines is 1. The summed E-state index contributed by atoms with van der Waals surface area (Å²) in [4.78, 5) is 13.4. The van der Waals surface area contributed by atoms with E-state index in [4.69, 9.17) is 0 Å². The topological polar surface area (TPSA) is 35.9 Å². The minimum atomic E-state index is -0.0241. The third kappa shape index (κ3) is 2.72. The highest BCUT2D eigenvalue weighted by atomic mass is 16.1. The van der Waals surface area contributed by atoms with Crippen molar-refractivity contribution in [1.82, 2.24) is 5.01 Å². The number of amides is 1. The average Bonchev–Trinajstić information content (AvgIpc) is 3.00. The fraction of sp³-hybridized carbons (Fsp3) is 0.222. The molecule has 1 heterocycles. The Bertz CT molecular complexity index is 677. The predicted molar refractivity (Wildman–Crippen MR) is 89.0 cm³/mol.